The molecule has 0 amide bonds. The van der Waals surface area contributed by atoms with Gasteiger partial charge in [-0.3, -0.25) is 4.99 Å². The van der Waals surface area contributed by atoms with Crippen molar-refractivity contribution in [3.05, 3.63) is 20.8 Å². The number of hydrogen-bond donors (Lipinski definition) is 1. The molecule has 1 aromatic heterocycles. The molecule has 0 atom stereocenters. The van der Waals surface area contributed by atoms with Gasteiger partial charge in [-0.05, 0) is 47.3 Å². The molecule has 1 fully saturated rings. The lowest BCUT2D eigenvalue weighted by Crippen LogP contribution is -2.46. The molecule has 2 rings (SSSR count). The van der Waals surface area contributed by atoms with Crippen molar-refractivity contribution in [1.82, 2.24) is 10.2 Å². The van der Waals surface area contributed by atoms with Crippen molar-refractivity contribution >= 4 is 57.2 Å². The minimum absolute atomic E-state index is 0. The first-order valence-corrected chi connectivity index (χ1v) is 9.64. The van der Waals surface area contributed by atoms with Crippen molar-refractivity contribution in [2.24, 2.45) is 4.99 Å². The molecule has 138 valence electrons. The van der Waals surface area contributed by atoms with Gasteiger partial charge in [-0.15, -0.1) is 35.3 Å². The van der Waals surface area contributed by atoms with Crippen molar-refractivity contribution in [2.45, 2.75) is 31.9 Å². The fourth-order valence-electron chi connectivity index (χ4n) is 2.63. The Kier molecular flexibility index (Phi) is 11.5. The van der Waals surface area contributed by atoms with Crippen molar-refractivity contribution in [3.8, 4) is 0 Å². The Balaban J connectivity index is 0.00000288. The predicted molar refractivity (Wildman–Crippen MR) is 115 cm³/mol. The van der Waals surface area contributed by atoms with Crippen LogP contribution in [0.25, 0.3) is 0 Å². The second-order valence-electron chi connectivity index (χ2n) is 5.51. The number of ether oxygens (including phenoxy) is 2. The molecule has 1 aliphatic heterocycles. The summed E-state index contributed by atoms with van der Waals surface area (Å²) in [6, 6.07) is 4.21. The smallest absolute Gasteiger partial charge is 0.193 e. The maximum Gasteiger partial charge on any atom is 0.193 e. The first kappa shape index (κ1) is 22.1. The van der Waals surface area contributed by atoms with Crippen LogP contribution in [0.15, 0.2) is 20.9 Å². The number of thiophene rings is 1. The molecule has 2 heterocycles. The topological polar surface area (TPSA) is 46.1 Å². The Morgan fingerprint density at radius 1 is 1.38 bits per heavy atom. The van der Waals surface area contributed by atoms with Crippen molar-refractivity contribution in [2.75, 3.05) is 40.5 Å². The summed E-state index contributed by atoms with van der Waals surface area (Å²) < 4.78 is 12.1. The minimum Gasteiger partial charge on any atom is -0.385 e. The molecule has 1 aliphatic rings. The first-order valence-electron chi connectivity index (χ1n) is 8.03. The molecule has 1 N–H and O–H groups in total. The number of aliphatic imine (C=N–C) groups is 1. The largest absolute Gasteiger partial charge is 0.385 e. The van der Waals surface area contributed by atoms with E-state index in [2.05, 4.69) is 43.3 Å². The molecule has 0 radical (unpaired) electrons. The summed E-state index contributed by atoms with van der Waals surface area (Å²) in [6.07, 6.45) is 3.45. The minimum atomic E-state index is 0. The van der Waals surface area contributed by atoms with Gasteiger partial charge in [-0.25, -0.2) is 0 Å². The van der Waals surface area contributed by atoms with Gasteiger partial charge >= 0.3 is 0 Å². The van der Waals surface area contributed by atoms with E-state index in [0.717, 1.165) is 61.9 Å². The third kappa shape index (κ3) is 7.55. The monoisotopic (exact) mass is 531 g/mol. The molecule has 24 heavy (non-hydrogen) atoms. The molecule has 0 saturated carbocycles. The Hall–Kier alpha value is 0.1000. The van der Waals surface area contributed by atoms with Crippen LogP contribution in [0.1, 0.15) is 24.1 Å². The quantitative estimate of drug-likeness (QED) is 0.252. The Morgan fingerprint density at radius 2 is 2.12 bits per heavy atom. The van der Waals surface area contributed by atoms with Gasteiger partial charge in [0, 0.05) is 45.3 Å². The maximum atomic E-state index is 5.91. The number of methoxy groups -OCH3 is 1. The summed E-state index contributed by atoms with van der Waals surface area (Å²) in [5, 5.41) is 3.45. The summed E-state index contributed by atoms with van der Waals surface area (Å²) in [7, 11) is 3.58. The second-order valence-corrected chi connectivity index (χ2v) is 8.06. The van der Waals surface area contributed by atoms with E-state index in [-0.39, 0.29) is 24.0 Å². The van der Waals surface area contributed by atoms with E-state index in [9.17, 15) is 0 Å². The first-order chi connectivity index (χ1) is 11.2. The van der Waals surface area contributed by atoms with Crippen LogP contribution in [-0.4, -0.2) is 57.4 Å². The van der Waals surface area contributed by atoms with Gasteiger partial charge in [-0.1, -0.05) is 0 Å². The Bertz CT molecular complexity index is 493. The van der Waals surface area contributed by atoms with Gasteiger partial charge in [0.05, 0.1) is 16.4 Å². The van der Waals surface area contributed by atoms with E-state index in [1.165, 1.54) is 4.88 Å². The zero-order valence-electron chi connectivity index (χ0n) is 14.3. The van der Waals surface area contributed by atoms with E-state index in [0.29, 0.717) is 6.10 Å². The van der Waals surface area contributed by atoms with Crippen molar-refractivity contribution in [3.63, 3.8) is 0 Å². The average Bonchev–Trinajstić information content (AvgIpc) is 2.99. The lowest BCUT2D eigenvalue weighted by molar-refractivity contribution is 0.00990. The van der Waals surface area contributed by atoms with E-state index in [1.807, 2.05) is 7.05 Å². The van der Waals surface area contributed by atoms with Crippen LogP contribution >= 0.6 is 51.2 Å². The van der Waals surface area contributed by atoms with Crippen LogP contribution in [0.4, 0.5) is 0 Å². The van der Waals surface area contributed by atoms with Crippen LogP contribution in [0.3, 0.4) is 0 Å². The fraction of sp³-hybridized carbons (Fsp3) is 0.688. The van der Waals surface area contributed by atoms with Crippen molar-refractivity contribution < 1.29 is 9.47 Å². The van der Waals surface area contributed by atoms with E-state index in [1.54, 1.807) is 18.4 Å². The highest BCUT2D eigenvalue weighted by molar-refractivity contribution is 14.0. The number of hydrogen-bond acceptors (Lipinski definition) is 4. The number of nitrogens with zero attached hydrogens (tertiary/aromatic N) is 2. The third-order valence-electron chi connectivity index (χ3n) is 3.85. The molecule has 5 nitrogen and oxygen atoms in total. The third-order valence-corrected chi connectivity index (χ3v) is 5.47. The standard InChI is InChI=1S/C16H26BrN3O2S.HI/c1-18-16(19-12-14-4-5-15(17)23-14)20-8-6-13(7-9-20)22-11-3-10-21-2;/h4-5,13H,3,6-12H2,1-2H3,(H,18,19);1H. The molecule has 8 heteroatoms. The summed E-state index contributed by atoms with van der Waals surface area (Å²) in [5.74, 6) is 0.979. The van der Waals surface area contributed by atoms with Gasteiger partial charge in [0.25, 0.3) is 0 Å². The zero-order valence-corrected chi connectivity index (χ0v) is 19.0. The van der Waals surface area contributed by atoms with Crippen LogP contribution in [0.2, 0.25) is 0 Å². The Morgan fingerprint density at radius 3 is 2.71 bits per heavy atom. The SMILES string of the molecule is CN=C(NCc1ccc(Br)s1)N1CCC(OCCCOC)CC1.I. The molecule has 0 aliphatic carbocycles. The molecule has 0 bridgehead atoms. The lowest BCUT2D eigenvalue weighted by atomic mass is 10.1. The normalized spacial score (nSPS) is 16.1. The summed E-state index contributed by atoms with van der Waals surface area (Å²) in [6.45, 7) is 4.36. The number of rotatable bonds is 7. The van der Waals surface area contributed by atoms with Crippen LogP contribution in [0.5, 0.6) is 0 Å². The highest BCUT2D eigenvalue weighted by atomic mass is 127. The van der Waals surface area contributed by atoms with E-state index >= 15 is 0 Å². The van der Waals surface area contributed by atoms with Gasteiger partial charge in [0.2, 0.25) is 0 Å². The number of halogens is 2. The van der Waals surface area contributed by atoms with Crippen LogP contribution < -0.4 is 5.32 Å². The van der Waals surface area contributed by atoms with Crippen molar-refractivity contribution in [1.29, 1.82) is 0 Å². The van der Waals surface area contributed by atoms with Crippen LogP contribution in [0, 0.1) is 0 Å². The average molecular weight is 532 g/mol. The van der Waals surface area contributed by atoms with E-state index in [4.69, 9.17) is 9.47 Å². The number of piperidine rings is 1. The molecule has 1 saturated heterocycles. The highest BCUT2D eigenvalue weighted by Gasteiger charge is 2.21. The maximum absolute atomic E-state index is 5.91. The molecule has 1 aromatic rings. The molecular formula is C16H27BrIN3O2S. The van der Waals surface area contributed by atoms with Gasteiger partial charge < -0.3 is 19.7 Å². The molecule has 0 unspecified atom stereocenters. The second kappa shape index (κ2) is 12.5. The molecule has 0 aromatic carbocycles. The molecule has 0 spiro atoms. The van der Waals surface area contributed by atoms with Gasteiger partial charge in [-0.2, -0.15) is 0 Å². The van der Waals surface area contributed by atoms with Gasteiger partial charge in [0.15, 0.2) is 5.96 Å². The number of nitrogens with one attached hydrogen (secondary N) is 1. The number of guanidine groups is 1. The highest BCUT2D eigenvalue weighted by Crippen LogP contribution is 2.22. The summed E-state index contributed by atoms with van der Waals surface area (Å²) >= 11 is 5.25. The number of likely N-dealkylation sites (tertiary alicyclic amines) is 1. The van der Waals surface area contributed by atoms with E-state index < -0.39 is 0 Å². The predicted octanol–water partition coefficient (Wildman–Crippen LogP) is 3.72. The summed E-state index contributed by atoms with van der Waals surface area (Å²) in [4.78, 5) is 8.03. The zero-order chi connectivity index (χ0) is 16.5. The lowest BCUT2D eigenvalue weighted by Gasteiger charge is -2.34. The fourth-order valence-corrected chi connectivity index (χ4v) is 4.06. The summed E-state index contributed by atoms with van der Waals surface area (Å²) in [5.41, 5.74) is 0. The van der Waals surface area contributed by atoms with Gasteiger partial charge in [0.1, 0.15) is 0 Å². The van der Waals surface area contributed by atoms with Crippen LogP contribution in [-0.2, 0) is 16.0 Å². The molecular weight excluding hydrogens is 505 g/mol. The Labute approximate surface area is 174 Å².